The zero-order chi connectivity index (χ0) is 29.0. The maximum atomic E-state index is 13.9. The van der Waals surface area contributed by atoms with Crippen molar-refractivity contribution in [1.29, 1.82) is 0 Å². The van der Waals surface area contributed by atoms with Gasteiger partial charge in [0.2, 0.25) is 5.91 Å². The number of anilines is 1. The molecule has 0 radical (unpaired) electrons. The summed E-state index contributed by atoms with van der Waals surface area (Å²) in [5, 5.41) is 15.7. The van der Waals surface area contributed by atoms with Gasteiger partial charge in [0.15, 0.2) is 0 Å². The Labute approximate surface area is 239 Å². The van der Waals surface area contributed by atoms with Crippen LogP contribution in [0, 0.1) is 5.82 Å². The van der Waals surface area contributed by atoms with Gasteiger partial charge in [-0.3, -0.25) is 9.59 Å². The minimum Gasteiger partial charge on any atom is -0.480 e. The van der Waals surface area contributed by atoms with E-state index in [0.717, 1.165) is 50.2 Å². The van der Waals surface area contributed by atoms with Gasteiger partial charge in [-0.1, -0.05) is 30.3 Å². The predicted molar refractivity (Wildman–Crippen MR) is 155 cm³/mol. The van der Waals surface area contributed by atoms with Crippen molar-refractivity contribution >= 4 is 17.7 Å². The van der Waals surface area contributed by atoms with Crippen LogP contribution in [0.1, 0.15) is 42.5 Å². The number of nitrogens with one attached hydrogen (secondary N) is 2. The zero-order valence-corrected chi connectivity index (χ0v) is 23.2. The Morgan fingerprint density at radius 3 is 2.71 bits per heavy atom. The average molecular weight is 564 g/mol. The summed E-state index contributed by atoms with van der Waals surface area (Å²) in [6.07, 6.45) is 6.48. The molecule has 0 saturated carbocycles. The lowest BCUT2D eigenvalue weighted by Gasteiger charge is -2.25. The molecule has 0 fully saturated rings. The van der Waals surface area contributed by atoms with Gasteiger partial charge in [-0.2, -0.15) is 0 Å². The smallest absolute Gasteiger partial charge is 0.326 e. The van der Waals surface area contributed by atoms with Gasteiger partial charge >= 0.3 is 5.97 Å². The van der Waals surface area contributed by atoms with Gasteiger partial charge in [0.05, 0.1) is 6.42 Å². The van der Waals surface area contributed by atoms with Gasteiger partial charge in [-0.25, -0.2) is 14.2 Å². The number of halogens is 1. The van der Waals surface area contributed by atoms with Crippen molar-refractivity contribution in [3.8, 4) is 0 Å². The van der Waals surface area contributed by atoms with Gasteiger partial charge in [0.1, 0.15) is 17.7 Å². The van der Waals surface area contributed by atoms with Gasteiger partial charge in [0.25, 0.3) is 5.56 Å². The molecule has 1 aliphatic heterocycles. The van der Waals surface area contributed by atoms with E-state index in [4.69, 9.17) is 4.98 Å². The summed E-state index contributed by atoms with van der Waals surface area (Å²) in [4.78, 5) is 43.5. The lowest BCUT2D eigenvalue weighted by molar-refractivity contribution is -0.142. The predicted octanol–water partition coefficient (Wildman–Crippen LogP) is 3.27. The molecule has 0 unspecified atom stereocenters. The number of aryl methyl sites for hydroxylation is 2. The largest absolute Gasteiger partial charge is 0.480 e. The quantitative estimate of drug-likeness (QED) is 0.243. The molecule has 3 aromatic rings. The molecule has 1 amide bonds. The lowest BCUT2D eigenvalue weighted by Crippen LogP contribution is -2.44. The van der Waals surface area contributed by atoms with E-state index < -0.39 is 23.7 Å². The molecular formula is C31H38FN5O4. The number of carboxylic acid groups (broad SMARTS) is 1. The van der Waals surface area contributed by atoms with Gasteiger partial charge < -0.3 is 25.2 Å². The molecule has 3 N–H and O–H groups in total. The molecule has 1 aromatic carbocycles. The molecule has 41 heavy (non-hydrogen) atoms. The first-order valence-electron chi connectivity index (χ1n) is 14.2. The summed E-state index contributed by atoms with van der Waals surface area (Å²) >= 11 is 0. The molecule has 9 nitrogen and oxygen atoms in total. The van der Waals surface area contributed by atoms with Crippen LogP contribution in [0.2, 0.25) is 0 Å². The van der Waals surface area contributed by atoms with E-state index in [-0.39, 0.29) is 24.0 Å². The molecule has 0 saturated heterocycles. The Balaban J connectivity index is 1.32. The van der Waals surface area contributed by atoms with E-state index in [1.807, 2.05) is 0 Å². The summed E-state index contributed by atoms with van der Waals surface area (Å²) in [5.41, 5.74) is 2.43. The third-order valence-electron chi connectivity index (χ3n) is 7.34. The van der Waals surface area contributed by atoms with Crippen LogP contribution in [0.25, 0.3) is 0 Å². The molecule has 4 rings (SSSR count). The maximum Gasteiger partial charge on any atom is 0.326 e. The van der Waals surface area contributed by atoms with Crippen LogP contribution in [-0.2, 0) is 35.4 Å². The molecule has 3 heterocycles. The minimum absolute atomic E-state index is 0.0941. The van der Waals surface area contributed by atoms with Crippen molar-refractivity contribution in [2.24, 2.45) is 0 Å². The number of amides is 1. The average Bonchev–Trinajstić information content (AvgIpc) is 2.97. The standard InChI is InChI=1S/C31H38FN5O4/c32-26-11-2-1-8-24(26)22-28(38)35-27(31(40)41)15-19-36(20-21-37-18-6-4-12-29(37)39)17-5-3-10-25-14-13-23-9-7-16-33-30(23)34-25/h1-2,4,6,8,11-14,18,27H,3,5,7,9-10,15-17,19-22H2,(H,33,34)(H,35,38)(H,40,41)/t27-/m0/s1. The normalized spacial score (nSPS) is 13.3. The number of rotatable bonds is 15. The number of hydrogen-bond acceptors (Lipinski definition) is 6. The van der Waals surface area contributed by atoms with Crippen molar-refractivity contribution in [3.63, 3.8) is 0 Å². The SMILES string of the molecule is O=C(Cc1ccccc1F)N[C@@H](CCN(CCCCc1ccc2c(n1)NCCC2)CCn1ccccc1=O)C(=O)O. The third kappa shape index (κ3) is 9.24. The topological polar surface area (TPSA) is 117 Å². The molecular weight excluding hydrogens is 525 g/mol. The number of unbranched alkanes of at least 4 members (excludes halogenated alkanes) is 1. The second-order valence-corrected chi connectivity index (χ2v) is 10.4. The third-order valence-corrected chi connectivity index (χ3v) is 7.34. The highest BCUT2D eigenvalue weighted by atomic mass is 19.1. The summed E-state index contributed by atoms with van der Waals surface area (Å²) in [5.74, 6) is -1.20. The second kappa shape index (κ2) is 15.1. The first-order chi connectivity index (χ1) is 19.9. The first kappa shape index (κ1) is 29.9. The highest BCUT2D eigenvalue weighted by molar-refractivity contribution is 5.84. The summed E-state index contributed by atoms with van der Waals surface area (Å²) in [6, 6.07) is 14.1. The monoisotopic (exact) mass is 563 g/mol. The Morgan fingerprint density at radius 1 is 1.07 bits per heavy atom. The van der Waals surface area contributed by atoms with Crippen molar-refractivity contribution in [1.82, 2.24) is 19.8 Å². The number of aromatic nitrogens is 2. The van der Waals surface area contributed by atoms with Gasteiger partial charge in [-0.05, 0) is 74.4 Å². The van der Waals surface area contributed by atoms with Crippen molar-refractivity contribution in [3.05, 3.63) is 93.8 Å². The second-order valence-electron chi connectivity index (χ2n) is 10.4. The van der Waals surface area contributed by atoms with Crippen molar-refractivity contribution in [2.75, 3.05) is 31.5 Å². The summed E-state index contributed by atoms with van der Waals surface area (Å²) in [6.45, 7) is 3.10. The number of fused-ring (bicyclic) bond motifs is 1. The Kier molecular flexibility index (Phi) is 11.0. The van der Waals surface area contributed by atoms with Crippen LogP contribution in [0.3, 0.4) is 0 Å². The van der Waals surface area contributed by atoms with E-state index >= 15 is 0 Å². The summed E-state index contributed by atoms with van der Waals surface area (Å²) in [7, 11) is 0. The molecule has 218 valence electrons. The van der Waals surface area contributed by atoms with Crippen molar-refractivity contribution in [2.45, 2.75) is 57.5 Å². The maximum absolute atomic E-state index is 13.9. The van der Waals surface area contributed by atoms with Crippen LogP contribution in [-0.4, -0.2) is 63.7 Å². The fourth-order valence-corrected chi connectivity index (χ4v) is 5.01. The van der Waals surface area contributed by atoms with E-state index in [2.05, 4.69) is 27.7 Å². The van der Waals surface area contributed by atoms with Crippen LogP contribution >= 0.6 is 0 Å². The van der Waals surface area contributed by atoms with E-state index in [1.54, 1.807) is 29.0 Å². The van der Waals surface area contributed by atoms with Crippen LogP contribution in [0.5, 0.6) is 0 Å². The number of hydrogen-bond donors (Lipinski definition) is 3. The Hall–Kier alpha value is -4.05. The Bertz CT molecular complexity index is 1380. The lowest BCUT2D eigenvalue weighted by atomic mass is 10.1. The number of carboxylic acids is 1. The van der Waals surface area contributed by atoms with E-state index in [1.165, 1.54) is 29.8 Å². The van der Waals surface area contributed by atoms with E-state index in [9.17, 15) is 23.9 Å². The number of carbonyl (C=O) groups is 2. The Morgan fingerprint density at radius 2 is 1.90 bits per heavy atom. The van der Waals surface area contributed by atoms with E-state index in [0.29, 0.717) is 26.2 Å². The molecule has 1 aliphatic rings. The number of benzene rings is 1. The summed E-state index contributed by atoms with van der Waals surface area (Å²) < 4.78 is 15.6. The molecule has 2 aromatic heterocycles. The number of pyridine rings is 2. The number of aliphatic carboxylic acids is 1. The van der Waals surface area contributed by atoms with Crippen molar-refractivity contribution < 1.29 is 19.1 Å². The molecule has 1 atom stereocenters. The highest BCUT2D eigenvalue weighted by Crippen LogP contribution is 2.20. The molecule has 0 bridgehead atoms. The number of carbonyl (C=O) groups excluding carboxylic acids is 1. The molecule has 0 aliphatic carbocycles. The van der Waals surface area contributed by atoms with Gasteiger partial charge in [-0.15, -0.1) is 0 Å². The minimum atomic E-state index is -1.14. The fourth-order valence-electron chi connectivity index (χ4n) is 5.01. The van der Waals surface area contributed by atoms with Crippen LogP contribution in [0.4, 0.5) is 10.2 Å². The van der Waals surface area contributed by atoms with Crippen LogP contribution < -0.4 is 16.2 Å². The van der Waals surface area contributed by atoms with Crippen LogP contribution in [0.15, 0.2) is 65.6 Å². The first-order valence-corrected chi connectivity index (χ1v) is 14.2. The number of nitrogens with zero attached hydrogens (tertiary/aromatic N) is 3. The zero-order valence-electron chi connectivity index (χ0n) is 23.2. The fraction of sp³-hybridized carbons (Fsp3) is 0.419. The van der Waals surface area contributed by atoms with Gasteiger partial charge in [0, 0.05) is 44.1 Å². The highest BCUT2D eigenvalue weighted by Gasteiger charge is 2.22. The molecule has 10 heteroatoms. The molecule has 0 spiro atoms.